The maximum absolute atomic E-state index is 13.3. The first kappa shape index (κ1) is 20.4. The number of benzene rings is 1. The van der Waals surface area contributed by atoms with Crippen LogP contribution in [0.1, 0.15) is 90.2 Å². The van der Waals surface area contributed by atoms with Crippen LogP contribution < -0.4 is 5.32 Å². The molecule has 0 radical (unpaired) electrons. The van der Waals surface area contributed by atoms with E-state index in [1.165, 1.54) is 44.1 Å². The number of rotatable bonds is 2. The molecule has 0 aromatic heterocycles. The molecule has 0 spiro atoms. The van der Waals surface area contributed by atoms with Gasteiger partial charge in [-0.05, 0) is 61.5 Å². The van der Waals surface area contributed by atoms with Gasteiger partial charge in [0.25, 0.3) is 0 Å². The van der Waals surface area contributed by atoms with E-state index in [2.05, 4.69) is 58.1 Å². The molecule has 1 heterocycles. The molecule has 2 saturated carbocycles. The van der Waals surface area contributed by atoms with Crippen molar-refractivity contribution in [3.63, 3.8) is 0 Å². The average Bonchev–Trinajstić information content (AvgIpc) is 2.75. The van der Waals surface area contributed by atoms with Crippen LogP contribution in [0.5, 0.6) is 0 Å². The van der Waals surface area contributed by atoms with Crippen LogP contribution in [-0.2, 0) is 0 Å². The van der Waals surface area contributed by atoms with Gasteiger partial charge in [0.2, 0.25) is 0 Å². The molecular weight excluding hydrogens is 358 g/mol. The third-order valence-corrected chi connectivity index (χ3v) is 6.99. The van der Waals surface area contributed by atoms with Gasteiger partial charge in [0.05, 0.1) is 17.4 Å². The topological polar surface area (TPSA) is 44.7 Å². The Morgan fingerprint density at radius 3 is 2.34 bits per heavy atom. The molecule has 158 valence electrons. The molecule has 0 atom stereocenters. The van der Waals surface area contributed by atoms with Crippen molar-refractivity contribution in [1.29, 1.82) is 0 Å². The Labute approximate surface area is 176 Å². The lowest BCUT2D eigenvalue weighted by Crippen LogP contribution is -2.47. The Morgan fingerprint density at radius 2 is 1.69 bits per heavy atom. The highest BCUT2D eigenvalue weighted by Crippen LogP contribution is 2.47. The fourth-order valence-corrected chi connectivity index (χ4v) is 6.26. The second kappa shape index (κ2) is 7.45. The van der Waals surface area contributed by atoms with E-state index in [0.29, 0.717) is 5.92 Å². The van der Waals surface area contributed by atoms with Gasteiger partial charge in [-0.25, -0.2) is 9.80 Å². The molecule has 2 amide bonds. The predicted octanol–water partition coefficient (Wildman–Crippen LogP) is 6.73. The maximum atomic E-state index is 13.3. The molecule has 1 N–H and O–H groups in total. The number of aryl methyl sites for hydroxylation is 1. The summed E-state index contributed by atoms with van der Waals surface area (Å²) in [5.41, 5.74) is 4.76. The Balaban J connectivity index is 1.75. The number of nitrogens with zero attached hydrogens (tertiary/aromatic N) is 2. The van der Waals surface area contributed by atoms with Crippen molar-refractivity contribution in [3.8, 4) is 0 Å². The molecule has 2 fully saturated rings. The first-order valence-corrected chi connectivity index (χ1v) is 11.4. The van der Waals surface area contributed by atoms with Gasteiger partial charge in [0.15, 0.2) is 0 Å². The molecule has 3 aliphatic rings. The van der Waals surface area contributed by atoms with Gasteiger partial charge in [-0.3, -0.25) is 0 Å². The molecule has 0 bridgehead atoms. The van der Waals surface area contributed by atoms with Crippen molar-refractivity contribution >= 4 is 17.4 Å². The van der Waals surface area contributed by atoms with E-state index in [-0.39, 0.29) is 22.9 Å². The number of hydrogen-bond acceptors (Lipinski definition) is 2. The van der Waals surface area contributed by atoms with E-state index in [0.717, 1.165) is 29.8 Å². The van der Waals surface area contributed by atoms with Crippen LogP contribution in [0.3, 0.4) is 0 Å². The van der Waals surface area contributed by atoms with Gasteiger partial charge in [-0.1, -0.05) is 59.1 Å². The van der Waals surface area contributed by atoms with Gasteiger partial charge < -0.3 is 5.32 Å². The highest BCUT2D eigenvalue weighted by molar-refractivity contribution is 6.11. The summed E-state index contributed by atoms with van der Waals surface area (Å²) in [4.78, 5) is 13.3. The SMILES string of the molecule is Cc1ccc2c(c1)NC(=O)N(C1CC(C)(C)CC(C)(C)C1)N=C2C1CCCCC1. The molecule has 2 aliphatic carbocycles. The van der Waals surface area contributed by atoms with Crippen LogP contribution in [0.4, 0.5) is 10.5 Å². The number of nitrogens with one attached hydrogen (secondary N) is 1. The molecule has 4 rings (SSSR count). The number of carbonyl (C=O) groups is 1. The summed E-state index contributed by atoms with van der Waals surface area (Å²) in [6, 6.07) is 6.48. The minimum absolute atomic E-state index is 0.0684. The minimum Gasteiger partial charge on any atom is -0.306 e. The van der Waals surface area contributed by atoms with Gasteiger partial charge in [-0.15, -0.1) is 0 Å². The number of fused-ring (bicyclic) bond motifs is 1. The largest absolute Gasteiger partial charge is 0.342 e. The predicted molar refractivity (Wildman–Crippen MR) is 120 cm³/mol. The quantitative estimate of drug-likeness (QED) is 0.592. The fourth-order valence-electron chi connectivity index (χ4n) is 6.26. The molecular formula is C25H37N3O. The van der Waals surface area contributed by atoms with Crippen LogP contribution in [0.2, 0.25) is 0 Å². The molecule has 4 nitrogen and oxygen atoms in total. The molecule has 1 aromatic rings. The standard InChI is InChI=1S/C25H37N3O/c1-17-11-12-20-21(13-17)26-23(29)28(27-22(20)18-9-7-6-8-10-18)19-14-24(2,3)16-25(4,5)15-19/h11-13,18-19H,6-10,14-16H2,1-5H3,(H,26,29). The lowest BCUT2D eigenvalue weighted by Gasteiger charge is -2.47. The van der Waals surface area contributed by atoms with Crippen molar-refractivity contribution in [2.45, 2.75) is 92.0 Å². The second-order valence-corrected chi connectivity index (χ2v) is 11.2. The summed E-state index contributed by atoms with van der Waals surface area (Å²) >= 11 is 0. The summed E-state index contributed by atoms with van der Waals surface area (Å²) in [6.45, 7) is 11.4. The zero-order valence-corrected chi connectivity index (χ0v) is 18.8. The van der Waals surface area contributed by atoms with Crippen molar-refractivity contribution < 1.29 is 4.79 Å². The Bertz CT molecular complexity index is 801. The van der Waals surface area contributed by atoms with Gasteiger partial charge in [0.1, 0.15) is 0 Å². The molecule has 1 aromatic carbocycles. The van der Waals surface area contributed by atoms with Crippen LogP contribution in [-0.4, -0.2) is 22.8 Å². The van der Waals surface area contributed by atoms with Crippen molar-refractivity contribution in [3.05, 3.63) is 29.3 Å². The van der Waals surface area contributed by atoms with E-state index in [1.807, 2.05) is 5.01 Å². The molecule has 0 unspecified atom stereocenters. The monoisotopic (exact) mass is 395 g/mol. The van der Waals surface area contributed by atoms with Crippen molar-refractivity contribution in [1.82, 2.24) is 5.01 Å². The summed E-state index contributed by atoms with van der Waals surface area (Å²) in [7, 11) is 0. The van der Waals surface area contributed by atoms with Crippen LogP contribution in [0.15, 0.2) is 23.3 Å². The number of amides is 2. The van der Waals surface area contributed by atoms with Gasteiger partial charge in [-0.2, -0.15) is 5.10 Å². The zero-order valence-electron chi connectivity index (χ0n) is 18.8. The van der Waals surface area contributed by atoms with Crippen LogP contribution >= 0.6 is 0 Å². The highest BCUT2D eigenvalue weighted by Gasteiger charge is 2.43. The smallest absolute Gasteiger partial charge is 0.306 e. The molecule has 4 heteroatoms. The number of carbonyl (C=O) groups excluding carboxylic acids is 1. The maximum Gasteiger partial charge on any atom is 0.342 e. The van der Waals surface area contributed by atoms with Crippen LogP contribution in [0.25, 0.3) is 0 Å². The van der Waals surface area contributed by atoms with E-state index < -0.39 is 0 Å². The van der Waals surface area contributed by atoms with Gasteiger partial charge in [0, 0.05) is 11.5 Å². The summed E-state index contributed by atoms with van der Waals surface area (Å²) in [6.07, 6.45) is 9.37. The third-order valence-electron chi connectivity index (χ3n) is 6.99. The zero-order chi connectivity index (χ0) is 20.8. The Morgan fingerprint density at radius 1 is 1.03 bits per heavy atom. The second-order valence-electron chi connectivity index (χ2n) is 11.2. The average molecular weight is 396 g/mol. The Hall–Kier alpha value is -1.84. The number of urea groups is 1. The third kappa shape index (κ3) is 4.36. The Kier molecular flexibility index (Phi) is 5.25. The summed E-state index contributed by atoms with van der Waals surface area (Å²) < 4.78 is 0. The molecule has 29 heavy (non-hydrogen) atoms. The number of anilines is 1. The number of hydrogen-bond donors (Lipinski definition) is 1. The van der Waals surface area contributed by atoms with E-state index in [9.17, 15) is 4.79 Å². The van der Waals surface area contributed by atoms with Gasteiger partial charge >= 0.3 is 6.03 Å². The normalized spacial score (nSPS) is 25.1. The first-order valence-electron chi connectivity index (χ1n) is 11.4. The van der Waals surface area contributed by atoms with E-state index >= 15 is 0 Å². The lowest BCUT2D eigenvalue weighted by molar-refractivity contribution is 0.0432. The molecule has 0 saturated heterocycles. The first-order chi connectivity index (χ1) is 13.6. The van der Waals surface area contributed by atoms with Crippen molar-refractivity contribution in [2.24, 2.45) is 21.8 Å². The molecule has 1 aliphatic heterocycles. The van der Waals surface area contributed by atoms with E-state index in [4.69, 9.17) is 5.10 Å². The van der Waals surface area contributed by atoms with E-state index in [1.54, 1.807) is 0 Å². The van der Waals surface area contributed by atoms with Crippen LogP contribution in [0, 0.1) is 23.7 Å². The van der Waals surface area contributed by atoms with Crippen molar-refractivity contribution in [2.75, 3.05) is 5.32 Å². The summed E-state index contributed by atoms with van der Waals surface area (Å²) in [5, 5.41) is 10.2. The fraction of sp³-hybridized carbons (Fsp3) is 0.680. The lowest BCUT2D eigenvalue weighted by atomic mass is 9.63. The number of hydrazone groups is 1. The highest BCUT2D eigenvalue weighted by atomic mass is 16.2. The summed E-state index contributed by atoms with van der Waals surface area (Å²) in [5.74, 6) is 0.449. The minimum atomic E-state index is -0.0684.